The minimum atomic E-state index is -0.450. The van der Waals surface area contributed by atoms with Crippen LogP contribution < -0.4 is 20.1 Å². The first-order chi connectivity index (χ1) is 15.4. The van der Waals surface area contributed by atoms with Crippen molar-refractivity contribution in [2.75, 3.05) is 24.0 Å². The van der Waals surface area contributed by atoms with Crippen LogP contribution in [0, 0.1) is 0 Å². The number of halogens is 1. The number of ether oxygens (including phenoxy) is 1. The lowest BCUT2D eigenvalue weighted by molar-refractivity contribution is -0.117. The van der Waals surface area contributed by atoms with Gasteiger partial charge in [0.2, 0.25) is 0 Å². The Kier molecular flexibility index (Phi) is 6.28. The van der Waals surface area contributed by atoms with Gasteiger partial charge < -0.3 is 9.64 Å². The highest BCUT2D eigenvalue weighted by molar-refractivity contribution is 9.10. The molecule has 7 heteroatoms. The van der Waals surface area contributed by atoms with E-state index in [0.717, 1.165) is 15.7 Å². The highest BCUT2D eigenvalue weighted by Gasteiger charge is 2.34. The van der Waals surface area contributed by atoms with Gasteiger partial charge in [-0.1, -0.05) is 46.3 Å². The summed E-state index contributed by atoms with van der Waals surface area (Å²) < 4.78 is 7.10. The molecule has 1 heterocycles. The van der Waals surface area contributed by atoms with Crippen LogP contribution in [-0.2, 0) is 16.2 Å². The zero-order chi connectivity index (χ0) is 22.7. The molecule has 3 aromatic carbocycles. The van der Waals surface area contributed by atoms with Gasteiger partial charge in [-0.05, 0) is 48.0 Å². The van der Waals surface area contributed by atoms with Crippen molar-refractivity contribution in [2.45, 2.75) is 6.61 Å². The van der Waals surface area contributed by atoms with Crippen LogP contribution in [0.15, 0.2) is 82.8 Å². The van der Waals surface area contributed by atoms with Gasteiger partial charge in [0.05, 0.1) is 5.69 Å². The summed E-state index contributed by atoms with van der Waals surface area (Å²) >= 11 is 3.43. The summed E-state index contributed by atoms with van der Waals surface area (Å²) in [7, 11) is 3.88. The Labute approximate surface area is 195 Å². The summed E-state index contributed by atoms with van der Waals surface area (Å²) in [5.41, 5.74) is 5.89. The Bertz CT molecular complexity index is 1170. The third-order valence-electron chi connectivity index (χ3n) is 5.03. The van der Waals surface area contributed by atoms with Crippen LogP contribution in [0.2, 0.25) is 0 Å². The minimum absolute atomic E-state index is 0.0555. The van der Waals surface area contributed by atoms with E-state index in [2.05, 4.69) is 21.4 Å². The van der Waals surface area contributed by atoms with E-state index in [1.807, 2.05) is 79.7 Å². The van der Waals surface area contributed by atoms with Gasteiger partial charge in [0.25, 0.3) is 11.8 Å². The average Bonchev–Trinajstić information content (AvgIpc) is 3.08. The van der Waals surface area contributed by atoms with Crippen LogP contribution >= 0.6 is 15.9 Å². The molecule has 0 unspecified atom stereocenters. The fourth-order valence-electron chi connectivity index (χ4n) is 3.26. The number of hydrazine groups is 1. The summed E-state index contributed by atoms with van der Waals surface area (Å²) in [4.78, 5) is 27.5. The molecule has 0 spiro atoms. The Hall–Kier alpha value is -3.58. The lowest BCUT2D eigenvalue weighted by Crippen LogP contribution is -2.35. The lowest BCUT2D eigenvalue weighted by atomic mass is 10.1. The number of amides is 2. The highest BCUT2D eigenvalue weighted by Crippen LogP contribution is 2.30. The van der Waals surface area contributed by atoms with Gasteiger partial charge in [-0.3, -0.25) is 15.0 Å². The molecule has 2 amide bonds. The first-order valence-electron chi connectivity index (χ1n) is 10.0. The van der Waals surface area contributed by atoms with E-state index in [4.69, 9.17) is 4.74 Å². The molecule has 6 nitrogen and oxygen atoms in total. The molecule has 0 bridgehead atoms. The van der Waals surface area contributed by atoms with E-state index in [1.54, 1.807) is 18.2 Å². The first kappa shape index (κ1) is 21.6. The maximum atomic E-state index is 12.9. The predicted molar refractivity (Wildman–Crippen MR) is 129 cm³/mol. The zero-order valence-corrected chi connectivity index (χ0v) is 19.3. The monoisotopic (exact) mass is 491 g/mol. The Morgan fingerprint density at radius 3 is 2.41 bits per heavy atom. The van der Waals surface area contributed by atoms with E-state index in [1.165, 1.54) is 5.01 Å². The van der Waals surface area contributed by atoms with Crippen molar-refractivity contribution in [1.82, 2.24) is 5.43 Å². The number of rotatable bonds is 6. The van der Waals surface area contributed by atoms with E-state index >= 15 is 0 Å². The molecular weight excluding hydrogens is 470 g/mol. The summed E-state index contributed by atoms with van der Waals surface area (Å²) in [5.74, 6) is -0.267. The van der Waals surface area contributed by atoms with Gasteiger partial charge in [0.1, 0.15) is 17.9 Å². The molecule has 0 aliphatic carbocycles. The summed E-state index contributed by atoms with van der Waals surface area (Å²) in [6.07, 6.45) is 1.58. The van der Waals surface area contributed by atoms with Gasteiger partial charge in [-0.25, -0.2) is 5.01 Å². The van der Waals surface area contributed by atoms with E-state index < -0.39 is 11.8 Å². The minimum Gasteiger partial charge on any atom is -0.488 e. The average molecular weight is 492 g/mol. The number of carbonyl (C=O) groups excluding carboxylic acids is 2. The molecule has 0 saturated carbocycles. The molecule has 3 aromatic rings. The first-order valence-corrected chi connectivity index (χ1v) is 10.8. The molecule has 162 valence electrons. The van der Waals surface area contributed by atoms with Gasteiger partial charge in [0.15, 0.2) is 0 Å². The number of hydrogen-bond donors (Lipinski definition) is 1. The smallest absolute Gasteiger partial charge is 0.282 e. The number of anilines is 2. The maximum absolute atomic E-state index is 12.9. The summed E-state index contributed by atoms with van der Waals surface area (Å²) in [6, 6.07) is 22.5. The molecule has 1 saturated heterocycles. The molecule has 0 atom stereocenters. The standard InChI is InChI=1S/C25H22BrN3O3/c1-28(2)21-13-10-18(23(15-21)32-16-17-8-11-19(26)12-9-17)14-22-24(30)27-29(25(22)31)20-6-4-3-5-7-20/h3-15H,16H2,1-2H3,(H,27,30). The number of benzene rings is 3. The predicted octanol–water partition coefficient (Wildman–Crippen LogP) is 4.56. The van der Waals surface area contributed by atoms with Crippen molar-refractivity contribution in [3.05, 3.63) is 94.0 Å². The van der Waals surface area contributed by atoms with Gasteiger partial charge in [-0.15, -0.1) is 0 Å². The van der Waals surface area contributed by atoms with Crippen LogP contribution in [0.5, 0.6) is 5.75 Å². The van der Waals surface area contributed by atoms with Crippen LogP contribution in [0.25, 0.3) is 6.08 Å². The quantitative estimate of drug-likeness (QED) is 0.405. The molecule has 1 N–H and O–H groups in total. The number of carbonyl (C=O) groups is 2. The normalized spacial score (nSPS) is 14.6. The summed E-state index contributed by atoms with van der Waals surface area (Å²) in [6.45, 7) is 0.358. The number of hydrogen-bond acceptors (Lipinski definition) is 4. The molecule has 1 aliphatic rings. The fraction of sp³-hybridized carbons (Fsp3) is 0.120. The lowest BCUT2D eigenvalue weighted by Gasteiger charge is -2.16. The van der Waals surface area contributed by atoms with Crippen molar-refractivity contribution in [3.8, 4) is 5.75 Å². The number of nitrogens with one attached hydrogen (secondary N) is 1. The third kappa shape index (κ3) is 4.68. The SMILES string of the molecule is CN(C)c1ccc(C=C2C(=O)NN(c3ccccc3)C2=O)c(OCc2ccc(Br)cc2)c1. The van der Waals surface area contributed by atoms with Crippen molar-refractivity contribution >= 4 is 45.2 Å². The molecule has 1 fully saturated rings. The Morgan fingerprint density at radius 2 is 1.72 bits per heavy atom. The topological polar surface area (TPSA) is 61.9 Å². The summed E-state index contributed by atoms with van der Waals surface area (Å²) in [5, 5.41) is 1.25. The van der Waals surface area contributed by atoms with E-state index in [9.17, 15) is 9.59 Å². The van der Waals surface area contributed by atoms with Gasteiger partial charge in [-0.2, -0.15) is 0 Å². The fourth-order valence-corrected chi connectivity index (χ4v) is 3.52. The van der Waals surface area contributed by atoms with Crippen molar-refractivity contribution in [2.24, 2.45) is 0 Å². The zero-order valence-electron chi connectivity index (χ0n) is 17.7. The molecular formula is C25H22BrN3O3. The molecule has 0 radical (unpaired) electrons. The third-order valence-corrected chi connectivity index (χ3v) is 5.56. The molecule has 32 heavy (non-hydrogen) atoms. The van der Waals surface area contributed by atoms with Crippen LogP contribution in [0.3, 0.4) is 0 Å². The second-order valence-corrected chi connectivity index (χ2v) is 8.42. The van der Waals surface area contributed by atoms with Crippen molar-refractivity contribution < 1.29 is 14.3 Å². The number of nitrogens with zero attached hydrogens (tertiary/aromatic N) is 2. The van der Waals surface area contributed by atoms with E-state index in [-0.39, 0.29) is 5.57 Å². The van der Waals surface area contributed by atoms with Crippen molar-refractivity contribution in [3.63, 3.8) is 0 Å². The van der Waals surface area contributed by atoms with Crippen LogP contribution in [0.1, 0.15) is 11.1 Å². The van der Waals surface area contributed by atoms with Gasteiger partial charge in [0, 0.05) is 35.9 Å². The van der Waals surface area contributed by atoms with Crippen LogP contribution in [-0.4, -0.2) is 25.9 Å². The highest BCUT2D eigenvalue weighted by atomic mass is 79.9. The number of para-hydroxylation sites is 1. The van der Waals surface area contributed by atoms with E-state index in [0.29, 0.717) is 23.6 Å². The Morgan fingerprint density at radius 1 is 1.00 bits per heavy atom. The van der Waals surface area contributed by atoms with Crippen molar-refractivity contribution in [1.29, 1.82) is 0 Å². The largest absolute Gasteiger partial charge is 0.488 e. The molecule has 0 aromatic heterocycles. The maximum Gasteiger partial charge on any atom is 0.282 e. The second kappa shape index (κ2) is 9.28. The van der Waals surface area contributed by atoms with Crippen LogP contribution in [0.4, 0.5) is 11.4 Å². The molecule has 1 aliphatic heterocycles. The second-order valence-electron chi connectivity index (χ2n) is 7.51. The Balaban J connectivity index is 1.64. The van der Waals surface area contributed by atoms with Gasteiger partial charge >= 0.3 is 0 Å². The molecule has 4 rings (SSSR count).